The standard InChI is InChI=1S/C19H24N4O3S/c1-12(20-17(25)13-6-4-3-5-7-13)16(24)21-19-23-22-18(27-19)14-8-10-15(26-2)11-9-14/h8-13H,3-7H2,1-2H3,(H,20,25)(H,21,23,24)/t12-/m1/s1. The maximum atomic E-state index is 12.4. The molecule has 1 atom stereocenters. The summed E-state index contributed by atoms with van der Waals surface area (Å²) < 4.78 is 5.14. The lowest BCUT2D eigenvalue weighted by Gasteiger charge is -2.22. The summed E-state index contributed by atoms with van der Waals surface area (Å²) in [7, 11) is 1.61. The molecule has 3 rings (SSSR count). The van der Waals surface area contributed by atoms with Crippen LogP contribution in [0.25, 0.3) is 10.6 Å². The maximum absolute atomic E-state index is 12.4. The fourth-order valence-corrected chi connectivity index (χ4v) is 3.85. The van der Waals surface area contributed by atoms with Crippen molar-refractivity contribution in [3.8, 4) is 16.3 Å². The number of ether oxygens (including phenoxy) is 1. The zero-order valence-corrected chi connectivity index (χ0v) is 16.3. The van der Waals surface area contributed by atoms with Crippen molar-refractivity contribution in [2.45, 2.75) is 45.1 Å². The van der Waals surface area contributed by atoms with Crippen LogP contribution in [-0.4, -0.2) is 35.2 Å². The molecule has 2 amide bonds. The van der Waals surface area contributed by atoms with Crippen LogP contribution in [-0.2, 0) is 9.59 Å². The number of benzene rings is 1. The maximum Gasteiger partial charge on any atom is 0.248 e. The van der Waals surface area contributed by atoms with Crippen LogP contribution in [0.3, 0.4) is 0 Å². The predicted molar refractivity (Wildman–Crippen MR) is 105 cm³/mol. The van der Waals surface area contributed by atoms with Crippen molar-refractivity contribution >= 4 is 28.3 Å². The summed E-state index contributed by atoms with van der Waals surface area (Å²) in [5.41, 5.74) is 0.896. The first-order valence-electron chi connectivity index (χ1n) is 9.16. The van der Waals surface area contributed by atoms with E-state index in [2.05, 4.69) is 20.8 Å². The molecule has 1 aliphatic carbocycles. The predicted octanol–water partition coefficient (Wildman–Crippen LogP) is 3.24. The number of nitrogens with zero attached hydrogens (tertiary/aromatic N) is 2. The number of aromatic nitrogens is 2. The fraction of sp³-hybridized carbons (Fsp3) is 0.474. The Morgan fingerprint density at radius 3 is 2.52 bits per heavy atom. The molecule has 27 heavy (non-hydrogen) atoms. The first-order valence-corrected chi connectivity index (χ1v) is 9.97. The largest absolute Gasteiger partial charge is 0.497 e. The highest BCUT2D eigenvalue weighted by Gasteiger charge is 2.24. The van der Waals surface area contributed by atoms with Gasteiger partial charge in [-0.25, -0.2) is 0 Å². The average Bonchev–Trinajstić information content (AvgIpc) is 3.17. The highest BCUT2D eigenvalue weighted by Crippen LogP contribution is 2.28. The third kappa shape index (κ3) is 5.03. The van der Waals surface area contributed by atoms with E-state index in [-0.39, 0.29) is 17.7 Å². The summed E-state index contributed by atoms with van der Waals surface area (Å²) in [5, 5.41) is 14.8. The number of carbonyl (C=O) groups excluding carboxylic acids is 2. The van der Waals surface area contributed by atoms with E-state index >= 15 is 0 Å². The van der Waals surface area contributed by atoms with Crippen LogP contribution in [0.5, 0.6) is 5.75 Å². The van der Waals surface area contributed by atoms with E-state index in [1.54, 1.807) is 14.0 Å². The van der Waals surface area contributed by atoms with E-state index < -0.39 is 6.04 Å². The summed E-state index contributed by atoms with van der Waals surface area (Å²) in [5.74, 6) is 0.460. The van der Waals surface area contributed by atoms with Crippen LogP contribution in [0.2, 0.25) is 0 Å². The zero-order valence-electron chi connectivity index (χ0n) is 15.5. The van der Waals surface area contributed by atoms with Gasteiger partial charge in [0.2, 0.25) is 16.9 Å². The molecule has 2 aromatic rings. The number of methoxy groups -OCH3 is 1. The smallest absolute Gasteiger partial charge is 0.248 e. The summed E-state index contributed by atoms with van der Waals surface area (Å²) in [6.45, 7) is 1.68. The second kappa shape index (κ2) is 8.94. The van der Waals surface area contributed by atoms with Gasteiger partial charge in [0.1, 0.15) is 16.8 Å². The lowest BCUT2D eigenvalue weighted by molar-refractivity contribution is -0.129. The number of hydrogen-bond acceptors (Lipinski definition) is 6. The minimum atomic E-state index is -0.618. The molecule has 0 bridgehead atoms. The zero-order chi connectivity index (χ0) is 19.2. The van der Waals surface area contributed by atoms with Gasteiger partial charge in [0.25, 0.3) is 0 Å². The topological polar surface area (TPSA) is 93.2 Å². The van der Waals surface area contributed by atoms with Gasteiger partial charge in [0.05, 0.1) is 7.11 Å². The van der Waals surface area contributed by atoms with E-state index in [9.17, 15) is 9.59 Å². The molecule has 2 N–H and O–H groups in total. The van der Waals surface area contributed by atoms with Gasteiger partial charge >= 0.3 is 0 Å². The second-order valence-corrected chi connectivity index (χ2v) is 7.67. The molecule has 144 valence electrons. The lowest BCUT2D eigenvalue weighted by atomic mass is 9.88. The molecule has 1 heterocycles. The SMILES string of the molecule is COc1ccc(-c2nnc(NC(=O)[C@@H](C)NC(=O)C3CCCCC3)s2)cc1. The minimum Gasteiger partial charge on any atom is -0.497 e. The summed E-state index contributed by atoms with van der Waals surface area (Å²) in [4.78, 5) is 24.6. The Kier molecular flexibility index (Phi) is 6.39. The van der Waals surface area contributed by atoms with E-state index in [1.165, 1.54) is 17.8 Å². The molecule has 0 aliphatic heterocycles. The Labute approximate surface area is 162 Å². The van der Waals surface area contributed by atoms with Crippen LogP contribution in [0.1, 0.15) is 39.0 Å². The molecular formula is C19H24N4O3S. The Morgan fingerprint density at radius 1 is 1.15 bits per heavy atom. The Morgan fingerprint density at radius 2 is 1.85 bits per heavy atom. The molecule has 1 fully saturated rings. The first kappa shape index (κ1) is 19.3. The minimum absolute atomic E-state index is 0.0252. The summed E-state index contributed by atoms with van der Waals surface area (Å²) in [6.07, 6.45) is 5.16. The molecule has 0 unspecified atom stereocenters. The molecule has 0 radical (unpaired) electrons. The fourth-order valence-electron chi connectivity index (χ4n) is 3.10. The van der Waals surface area contributed by atoms with Gasteiger partial charge in [-0.3, -0.25) is 14.9 Å². The first-order chi connectivity index (χ1) is 13.1. The molecular weight excluding hydrogens is 364 g/mol. The molecule has 1 aromatic heterocycles. The van der Waals surface area contributed by atoms with E-state index in [1.807, 2.05) is 24.3 Å². The number of amides is 2. The Hall–Kier alpha value is -2.48. The molecule has 8 heteroatoms. The molecule has 1 saturated carbocycles. The van der Waals surface area contributed by atoms with Gasteiger partial charge in [0.15, 0.2) is 0 Å². The number of carbonyl (C=O) groups is 2. The second-order valence-electron chi connectivity index (χ2n) is 6.70. The van der Waals surface area contributed by atoms with Crippen molar-refractivity contribution in [2.24, 2.45) is 5.92 Å². The van der Waals surface area contributed by atoms with Gasteiger partial charge in [-0.1, -0.05) is 30.6 Å². The van der Waals surface area contributed by atoms with Crippen molar-refractivity contribution in [1.29, 1.82) is 0 Å². The summed E-state index contributed by atoms with van der Waals surface area (Å²) in [6, 6.07) is 6.85. The van der Waals surface area contributed by atoms with Gasteiger partial charge in [0, 0.05) is 11.5 Å². The van der Waals surface area contributed by atoms with Gasteiger partial charge in [-0.2, -0.15) is 0 Å². The van der Waals surface area contributed by atoms with Crippen molar-refractivity contribution < 1.29 is 14.3 Å². The van der Waals surface area contributed by atoms with Gasteiger partial charge < -0.3 is 10.1 Å². The highest BCUT2D eigenvalue weighted by atomic mass is 32.1. The van der Waals surface area contributed by atoms with Crippen LogP contribution in [0.4, 0.5) is 5.13 Å². The average molecular weight is 388 g/mol. The van der Waals surface area contributed by atoms with Crippen molar-refractivity contribution in [2.75, 3.05) is 12.4 Å². The van der Waals surface area contributed by atoms with Crippen molar-refractivity contribution in [3.63, 3.8) is 0 Å². The molecule has 7 nitrogen and oxygen atoms in total. The number of hydrogen-bond donors (Lipinski definition) is 2. The van der Waals surface area contributed by atoms with E-state index in [0.29, 0.717) is 10.1 Å². The monoisotopic (exact) mass is 388 g/mol. The number of anilines is 1. The van der Waals surface area contributed by atoms with Crippen LogP contribution < -0.4 is 15.4 Å². The van der Waals surface area contributed by atoms with Crippen LogP contribution in [0, 0.1) is 5.92 Å². The summed E-state index contributed by atoms with van der Waals surface area (Å²) >= 11 is 1.28. The van der Waals surface area contributed by atoms with E-state index in [0.717, 1.165) is 37.0 Å². The molecule has 0 spiro atoms. The highest BCUT2D eigenvalue weighted by molar-refractivity contribution is 7.18. The lowest BCUT2D eigenvalue weighted by Crippen LogP contribution is -2.44. The van der Waals surface area contributed by atoms with Gasteiger partial charge in [-0.05, 0) is 44.0 Å². The molecule has 0 saturated heterocycles. The molecule has 1 aromatic carbocycles. The number of rotatable bonds is 6. The molecule has 1 aliphatic rings. The normalized spacial score (nSPS) is 15.8. The van der Waals surface area contributed by atoms with E-state index in [4.69, 9.17) is 4.74 Å². The number of nitrogens with one attached hydrogen (secondary N) is 2. The Balaban J connectivity index is 1.55. The van der Waals surface area contributed by atoms with Crippen molar-refractivity contribution in [3.05, 3.63) is 24.3 Å². The Bertz CT molecular complexity index is 785. The van der Waals surface area contributed by atoms with Crippen molar-refractivity contribution in [1.82, 2.24) is 15.5 Å². The van der Waals surface area contributed by atoms with Gasteiger partial charge in [-0.15, -0.1) is 10.2 Å². The quantitative estimate of drug-likeness (QED) is 0.792. The third-order valence-electron chi connectivity index (χ3n) is 4.72. The van der Waals surface area contributed by atoms with Crippen LogP contribution >= 0.6 is 11.3 Å². The van der Waals surface area contributed by atoms with Crippen LogP contribution in [0.15, 0.2) is 24.3 Å². The third-order valence-corrected chi connectivity index (χ3v) is 5.61.